The van der Waals surface area contributed by atoms with Crippen LogP contribution in [0.4, 0.5) is 0 Å². The third-order valence-corrected chi connectivity index (χ3v) is 16.8. The molecule has 2 aromatic heterocycles. The van der Waals surface area contributed by atoms with Gasteiger partial charge in [-0.15, -0.1) is 22.7 Å². The summed E-state index contributed by atoms with van der Waals surface area (Å²) in [5, 5.41) is 29.5. The average Bonchev–Trinajstić information content (AvgIpc) is 4.19. The number of nitrogens with zero attached hydrogens (tertiary/aromatic N) is 5. The van der Waals surface area contributed by atoms with Crippen LogP contribution in [-0.2, 0) is 47.2 Å². The maximum absolute atomic E-state index is 12.9. The van der Waals surface area contributed by atoms with E-state index in [1.54, 1.807) is 30.5 Å². The van der Waals surface area contributed by atoms with Crippen molar-refractivity contribution in [2.24, 2.45) is 0 Å². The van der Waals surface area contributed by atoms with Gasteiger partial charge in [0.15, 0.2) is 5.75 Å². The van der Waals surface area contributed by atoms with E-state index < -0.39 is 49.5 Å². The third-order valence-electron chi connectivity index (χ3n) is 12.1. The monoisotopic (exact) mass is 1060 g/mol. The van der Waals surface area contributed by atoms with E-state index in [1.807, 2.05) is 82.4 Å². The number of thiazole rings is 2. The second-order valence-electron chi connectivity index (χ2n) is 18.1. The zero-order valence-corrected chi connectivity index (χ0v) is 43.7. The molecule has 17 nitrogen and oxygen atoms in total. The lowest BCUT2D eigenvalue weighted by molar-refractivity contribution is -0.134. The van der Waals surface area contributed by atoms with Crippen LogP contribution in [0.1, 0.15) is 86.0 Å². The number of hydrogen-bond donors (Lipinski definition) is 3. The van der Waals surface area contributed by atoms with E-state index in [0.29, 0.717) is 74.6 Å². The zero-order valence-electron chi connectivity index (χ0n) is 40.5. The van der Waals surface area contributed by atoms with Crippen molar-refractivity contribution in [2.75, 3.05) is 37.8 Å². The Morgan fingerprint density at radius 2 is 1.18 bits per heavy atom. The lowest BCUT2D eigenvalue weighted by Crippen LogP contribution is -2.45. The fourth-order valence-electron chi connectivity index (χ4n) is 9.04. The van der Waals surface area contributed by atoms with Crippen LogP contribution in [0.3, 0.4) is 0 Å². The predicted molar refractivity (Wildman–Crippen MR) is 278 cm³/mol. The number of carboxylic acids is 1. The van der Waals surface area contributed by atoms with Crippen LogP contribution in [-0.4, -0.2) is 98.7 Å². The van der Waals surface area contributed by atoms with Gasteiger partial charge in [0, 0.05) is 48.7 Å². The molecule has 1 aliphatic heterocycles. The van der Waals surface area contributed by atoms with Gasteiger partial charge in [-0.3, -0.25) is 9.59 Å². The van der Waals surface area contributed by atoms with Gasteiger partial charge in [0.2, 0.25) is 26.0 Å². The maximum Gasteiger partial charge on any atom is 0.320 e. The quantitative estimate of drug-likeness (QED) is 0.0830. The molecule has 0 saturated carbocycles. The van der Waals surface area contributed by atoms with E-state index in [4.69, 9.17) is 19.3 Å². The highest BCUT2D eigenvalue weighted by molar-refractivity contribution is 7.90. The Balaban J connectivity index is 0.000000197. The number of benzene rings is 4. The van der Waals surface area contributed by atoms with Crippen molar-refractivity contribution in [3.05, 3.63) is 119 Å². The number of aliphatic carboxylic acids is 1. The Bertz CT molecular complexity index is 3350. The number of nitriles is 2. The molecule has 1 fully saturated rings. The summed E-state index contributed by atoms with van der Waals surface area (Å²) >= 11 is 3.01. The molecule has 2 aliphatic carbocycles. The zero-order chi connectivity index (χ0) is 52.0. The van der Waals surface area contributed by atoms with E-state index in [9.17, 15) is 36.9 Å². The second kappa shape index (κ2) is 22.7. The van der Waals surface area contributed by atoms with E-state index >= 15 is 0 Å². The van der Waals surface area contributed by atoms with Gasteiger partial charge in [-0.25, -0.2) is 36.2 Å². The minimum Gasteiger partial charge on any atom is -0.490 e. The smallest absolute Gasteiger partial charge is 0.320 e. The van der Waals surface area contributed by atoms with Gasteiger partial charge in [0.1, 0.15) is 39.4 Å². The van der Waals surface area contributed by atoms with Gasteiger partial charge in [0.25, 0.3) is 0 Å². The van der Waals surface area contributed by atoms with Crippen molar-refractivity contribution in [3.8, 4) is 65.7 Å². The predicted octanol–water partition coefficient (Wildman–Crippen LogP) is 8.03. The first-order valence-corrected chi connectivity index (χ1v) is 28.5. The third kappa shape index (κ3) is 12.8. The van der Waals surface area contributed by atoms with Crippen molar-refractivity contribution >= 4 is 54.6 Å². The molecule has 3 N–H and O–H groups in total. The first kappa shape index (κ1) is 52.8. The topological polar surface area (TPSA) is 251 Å². The number of fused-ring (bicyclic) bond motifs is 2. The Hall–Kier alpha value is -6.56. The fraction of sp³-hybridized carbons (Fsp3) is 0.346. The number of ether oxygens (including phenoxy) is 3. The van der Waals surface area contributed by atoms with Crippen molar-refractivity contribution in [2.45, 2.75) is 77.7 Å². The molecule has 4 aromatic carbocycles. The number of sulfonamides is 2. The summed E-state index contributed by atoms with van der Waals surface area (Å²) in [4.78, 5) is 36.0. The molecule has 0 radical (unpaired) electrons. The largest absolute Gasteiger partial charge is 0.490 e. The van der Waals surface area contributed by atoms with Gasteiger partial charge >= 0.3 is 5.97 Å². The standard InChI is InChI=1S/C28H30N4O5S2.C24H23N3O5S2/c1-18(2)37-25-9-6-19(14-20(25)15-29)28-30-16-26(38-28)23-5-3-4-22-21(23)7-8-24(22)31-39(34,35)17-27(33)32-10-12-36-13-11-32;1-14(2)32-21-9-6-15(10-16(21)11-25)24-26-12-22(33-24)19-5-3-4-18-17(19)7-8-20(18)27-34(30,31)13-23(28)29/h3-6,9,14,16,18,24,31H,7-8,10-13,17H2,1-2H3;3-6,9-10,12,14,20,27H,7-8,13H2,1-2H3,(H,28,29)/t24-;20-/m11/s1. The number of hydrogen-bond acceptors (Lipinski definition) is 15. The van der Waals surface area contributed by atoms with Crippen LogP contribution in [0.5, 0.6) is 11.5 Å². The highest BCUT2D eigenvalue weighted by Crippen LogP contribution is 2.43. The minimum atomic E-state index is -3.93. The van der Waals surface area contributed by atoms with Crippen molar-refractivity contribution < 1.29 is 45.7 Å². The molecule has 1 amide bonds. The number of amides is 1. The number of carbonyl (C=O) groups excluding carboxylic acids is 1. The number of carbonyl (C=O) groups is 2. The van der Waals surface area contributed by atoms with Crippen molar-refractivity contribution in [1.29, 1.82) is 10.5 Å². The van der Waals surface area contributed by atoms with Gasteiger partial charge in [-0.2, -0.15) is 10.5 Å². The Morgan fingerprint density at radius 3 is 1.60 bits per heavy atom. The molecule has 6 aromatic rings. The Morgan fingerprint density at radius 1 is 0.726 bits per heavy atom. The van der Waals surface area contributed by atoms with Gasteiger partial charge in [-0.05, 0) is 123 Å². The molecular formula is C52H53N7O10S4. The molecule has 9 rings (SSSR count). The number of carboxylic acid groups (broad SMARTS) is 1. The molecule has 73 heavy (non-hydrogen) atoms. The van der Waals surface area contributed by atoms with Crippen LogP contribution in [0, 0.1) is 22.7 Å². The van der Waals surface area contributed by atoms with Crippen LogP contribution in [0.2, 0.25) is 0 Å². The fourth-order valence-corrected chi connectivity index (χ4v) is 13.3. The number of aromatic nitrogens is 2. The van der Waals surface area contributed by atoms with Crippen molar-refractivity contribution in [3.63, 3.8) is 0 Å². The summed E-state index contributed by atoms with van der Waals surface area (Å²) in [5.41, 5.74) is 8.43. The van der Waals surface area contributed by atoms with Crippen LogP contribution in [0.25, 0.3) is 42.0 Å². The molecule has 2 atom stereocenters. The number of nitrogens with one attached hydrogen (secondary N) is 2. The lowest BCUT2D eigenvalue weighted by Gasteiger charge is -2.27. The SMILES string of the molecule is CC(C)Oc1ccc(-c2ncc(-c3cccc4c3CC[C@H]4NS(=O)(=O)CC(=O)N3CCOCC3)s2)cc1C#N.CC(C)Oc1ccc(-c2ncc(-c3cccc4c3CC[C@H]4NS(=O)(=O)CC(=O)O)s2)cc1C#N. The molecule has 3 aliphatic rings. The highest BCUT2D eigenvalue weighted by atomic mass is 32.2. The van der Waals surface area contributed by atoms with E-state index in [0.717, 1.165) is 64.3 Å². The van der Waals surface area contributed by atoms with Gasteiger partial charge in [0.05, 0.1) is 46.3 Å². The Labute approximate surface area is 432 Å². The van der Waals surface area contributed by atoms with Crippen LogP contribution in [0.15, 0.2) is 85.2 Å². The van der Waals surface area contributed by atoms with Gasteiger partial charge < -0.3 is 24.2 Å². The Kier molecular flexibility index (Phi) is 16.4. The molecule has 3 heterocycles. The number of rotatable bonds is 16. The first-order chi connectivity index (χ1) is 34.9. The molecule has 21 heteroatoms. The molecule has 0 unspecified atom stereocenters. The van der Waals surface area contributed by atoms with Crippen molar-refractivity contribution in [1.82, 2.24) is 24.3 Å². The molecule has 380 valence electrons. The van der Waals surface area contributed by atoms with E-state index in [2.05, 4.69) is 31.6 Å². The summed E-state index contributed by atoms with van der Waals surface area (Å²) in [6.45, 7) is 9.32. The maximum atomic E-state index is 12.9. The minimum absolute atomic E-state index is 0.0341. The van der Waals surface area contributed by atoms with E-state index in [1.165, 1.54) is 27.6 Å². The summed E-state index contributed by atoms with van der Waals surface area (Å²) in [6, 6.07) is 26.1. The van der Waals surface area contributed by atoms with Crippen LogP contribution >= 0.6 is 22.7 Å². The van der Waals surface area contributed by atoms with Gasteiger partial charge in [-0.1, -0.05) is 36.4 Å². The molecule has 0 spiro atoms. The molecule has 0 bridgehead atoms. The normalized spacial score (nSPS) is 16.2. The summed E-state index contributed by atoms with van der Waals surface area (Å²) in [7, 11) is -7.74. The summed E-state index contributed by atoms with van der Waals surface area (Å²) < 4.78 is 72.0. The first-order valence-electron chi connectivity index (χ1n) is 23.6. The molecular weight excluding hydrogens is 1010 g/mol. The summed E-state index contributed by atoms with van der Waals surface area (Å²) in [5.74, 6) is -2.23. The highest BCUT2D eigenvalue weighted by Gasteiger charge is 2.32. The average molecular weight is 1060 g/mol. The van der Waals surface area contributed by atoms with Crippen LogP contribution < -0.4 is 18.9 Å². The number of morpholine rings is 1. The van der Waals surface area contributed by atoms with E-state index in [-0.39, 0.29) is 18.2 Å². The second-order valence-corrected chi connectivity index (χ2v) is 23.7. The lowest BCUT2D eigenvalue weighted by atomic mass is 10.0. The molecule has 1 saturated heterocycles. The summed E-state index contributed by atoms with van der Waals surface area (Å²) in [6.07, 6.45) is 6.07.